The monoisotopic (exact) mass is 177 g/mol. The number of azide groups is 1. The van der Waals surface area contributed by atoms with Gasteiger partial charge in [-0.1, -0.05) is 5.11 Å². The van der Waals surface area contributed by atoms with E-state index in [1.165, 1.54) is 0 Å². The summed E-state index contributed by atoms with van der Waals surface area (Å²) in [5.74, 6) is -5.51. The molecular weight excluding hydrogens is 172 g/mol. The van der Waals surface area contributed by atoms with Gasteiger partial charge in [-0.25, -0.2) is 0 Å². The van der Waals surface area contributed by atoms with Gasteiger partial charge in [0.05, 0.1) is 0 Å². The molecular formula is C5H5F2N3O2. The first-order chi connectivity index (χ1) is 5.54. The molecule has 0 N–H and O–H groups in total. The van der Waals surface area contributed by atoms with Crippen LogP contribution in [-0.4, -0.2) is 24.5 Å². The first kappa shape index (κ1) is 10.5. The highest BCUT2D eigenvalue weighted by Gasteiger charge is 2.36. The van der Waals surface area contributed by atoms with Gasteiger partial charge in [-0.2, -0.15) is 8.78 Å². The van der Waals surface area contributed by atoms with Crippen LogP contribution < -0.4 is 0 Å². The van der Waals surface area contributed by atoms with Crippen molar-refractivity contribution in [2.24, 2.45) is 5.11 Å². The second kappa shape index (κ2) is 4.40. The van der Waals surface area contributed by atoms with Crippen LogP contribution in [0.4, 0.5) is 8.78 Å². The van der Waals surface area contributed by atoms with Crippen LogP contribution in [0.1, 0.15) is 6.42 Å². The molecule has 0 aliphatic rings. The summed E-state index contributed by atoms with van der Waals surface area (Å²) < 4.78 is 24.8. The number of hydrogen-bond donors (Lipinski definition) is 0. The average Bonchev–Trinajstić information content (AvgIpc) is 2.03. The average molecular weight is 177 g/mol. The smallest absolute Gasteiger partial charge is 0.294 e. The highest BCUT2D eigenvalue weighted by molar-refractivity contribution is 6.28. The Morgan fingerprint density at radius 1 is 1.67 bits per heavy atom. The van der Waals surface area contributed by atoms with E-state index < -0.39 is 31.0 Å². The number of hydrogen-bond acceptors (Lipinski definition) is 3. The van der Waals surface area contributed by atoms with E-state index in [-0.39, 0.29) is 0 Å². The lowest BCUT2D eigenvalue weighted by atomic mass is 10.2. The van der Waals surface area contributed by atoms with Crippen molar-refractivity contribution in [1.29, 1.82) is 0 Å². The molecule has 0 atom stereocenters. The van der Waals surface area contributed by atoms with Crippen molar-refractivity contribution in [1.82, 2.24) is 0 Å². The summed E-state index contributed by atoms with van der Waals surface area (Å²) in [6, 6.07) is 0. The summed E-state index contributed by atoms with van der Waals surface area (Å²) in [7, 11) is 0. The van der Waals surface area contributed by atoms with Crippen molar-refractivity contribution >= 4 is 12.1 Å². The zero-order chi connectivity index (χ0) is 9.61. The molecule has 0 radical (unpaired) electrons. The van der Waals surface area contributed by atoms with E-state index in [2.05, 4.69) is 10.0 Å². The van der Waals surface area contributed by atoms with Crippen LogP contribution in [-0.2, 0) is 9.59 Å². The molecule has 0 aromatic rings. The second-order valence-electron chi connectivity index (χ2n) is 1.89. The number of Topliss-reactive ketones (excluding diaryl/α,β-unsaturated/α-hetero) is 1. The molecule has 5 nitrogen and oxygen atoms in total. The highest BCUT2D eigenvalue weighted by Crippen LogP contribution is 2.18. The fraction of sp³-hybridized carbons (Fsp3) is 0.600. The highest BCUT2D eigenvalue weighted by atomic mass is 19.3. The first-order valence-electron chi connectivity index (χ1n) is 2.93. The van der Waals surface area contributed by atoms with Gasteiger partial charge in [-0.15, -0.1) is 0 Å². The van der Waals surface area contributed by atoms with Crippen molar-refractivity contribution < 1.29 is 18.4 Å². The summed E-state index contributed by atoms with van der Waals surface area (Å²) in [4.78, 5) is 22.0. The third-order valence-electron chi connectivity index (χ3n) is 1.06. The van der Waals surface area contributed by atoms with Gasteiger partial charge in [0.15, 0.2) is 6.29 Å². The maximum atomic E-state index is 12.4. The number of carbonyl (C=O) groups excluding carboxylic acids is 2. The van der Waals surface area contributed by atoms with Crippen LogP contribution in [0.2, 0.25) is 0 Å². The minimum atomic E-state index is -3.71. The Labute approximate surface area is 66.0 Å². The largest absolute Gasteiger partial charge is 0.312 e. The lowest BCUT2D eigenvalue weighted by molar-refractivity contribution is -0.148. The molecule has 0 spiro atoms. The van der Waals surface area contributed by atoms with Gasteiger partial charge in [-0.3, -0.25) is 9.59 Å². The number of halogens is 2. The van der Waals surface area contributed by atoms with E-state index in [0.717, 1.165) is 0 Å². The number of rotatable bonds is 5. The van der Waals surface area contributed by atoms with Crippen LogP contribution >= 0.6 is 0 Å². The van der Waals surface area contributed by atoms with E-state index in [1.54, 1.807) is 0 Å². The van der Waals surface area contributed by atoms with E-state index in [4.69, 9.17) is 5.53 Å². The summed E-state index contributed by atoms with van der Waals surface area (Å²) in [5.41, 5.74) is 7.72. The normalized spacial score (nSPS) is 10.2. The Hall–Kier alpha value is -1.49. The van der Waals surface area contributed by atoms with Crippen molar-refractivity contribution in [3.8, 4) is 0 Å². The SMILES string of the molecule is [N-]=[N+]=NCCC(F)(F)C(=O)C=O. The maximum absolute atomic E-state index is 12.4. The Morgan fingerprint density at radius 2 is 2.25 bits per heavy atom. The minimum Gasteiger partial charge on any atom is -0.294 e. The summed E-state index contributed by atoms with van der Waals surface area (Å²) >= 11 is 0. The predicted octanol–water partition coefficient (Wildman–Crippen LogP) is 1.09. The van der Waals surface area contributed by atoms with Crippen molar-refractivity contribution in [2.45, 2.75) is 12.3 Å². The van der Waals surface area contributed by atoms with E-state index in [1.807, 2.05) is 0 Å². The molecule has 0 amide bonds. The molecule has 0 saturated heterocycles. The third-order valence-corrected chi connectivity index (χ3v) is 1.06. The molecule has 0 unspecified atom stereocenters. The Balaban J connectivity index is 4.11. The molecule has 0 rings (SSSR count). The second-order valence-corrected chi connectivity index (χ2v) is 1.89. The predicted molar refractivity (Wildman–Crippen MR) is 34.6 cm³/mol. The van der Waals surface area contributed by atoms with Crippen LogP contribution in [0, 0.1) is 0 Å². The fourth-order valence-electron chi connectivity index (χ4n) is 0.445. The van der Waals surface area contributed by atoms with Crippen LogP contribution in [0.25, 0.3) is 10.4 Å². The van der Waals surface area contributed by atoms with E-state index in [0.29, 0.717) is 0 Å². The lowest BCUT2D eigenvalue weighted by Crippen LogP contribution is -2.30. The molecule has 0 heterocycles. The van der Waals surface area contributed by atoms with Crippen LogP contribution in [0.15, 0.2) is 5.11 Å². The quantitative estimate of drug-likeness (QED) is 0.207. The lowest BCUT2D eigenvalue weighted by Gasteiger charge is -2.08. The maximum Gasteiger partial charge on any atom is 0.312 e. The summed E-state index contributed by atoms with van der Waals surface area (Å²) in [5, 5.41) is 2.81. The molecule has 12 heavy (non-hydrogen) atoms. The summed E-state index contributed by atoms with van der Waals surface area (Å²) in [6.07, 6.45) is -1.38. The van der Waals surface area contributed by atoms with Gasteiger partial charge < -0.3 is 0 Å². The van der Waals surface area contributed by atoms with Gasteiger partial charge in [0.1, 0.15) is 0 Å². The van der Waals surface area contributed by atoms with Gasteiger partial charge in [0.2, 0.25) is 0 Å². The number of ketones is 1. The standard InChI is InChI=1S/C5H5F2N3O2/c6-5(7,4(12)3-11)1-2-9-10-8/h3H,1-2H2. The molecule has 0 aromatic heterocycles. The van der Waals surface area contributed by atoms with Gasteiger partial charge in [0.25, 0.3) is 5.78 Å². The van der Waals surface area contributed by atoms with Crippen LogP contribution in [0.5, 0.6) is 0 Å². The number of carbonyl (C=O) groups is 2. The molecule has 0 aliphatic heterocycles. The fourth-order valence-corrected chi connectivity index (χ4v) is 0.445. The van der Waals surface area contributed by atoms with E-state index in [9.17, 15) is 18.4 Å². The molecule has 66 valence electrons. The Kier molecular flexibility index (Phi) is 3.85. The zero-order valence-electron chi connectivity index (χ0n) is 5.91. The minimum absolute atomic E-state index is 0.448. The van der Waals surface area contributed by atoms with Gasteiger partial charge in [0, 0.05) is 17.9 Å². The molecule has 0 saturated carbocycles. The molecule has 0 aromatic carbocycles. The van der Waals surface area contributed by atoms with Gasteiger partial charge >= 0.3 is 5.92 Å². The van der Waals surface area contributed by atoms with Crippen molar-refractivity contribution in [2.75, 3.05) is 6.54 Å². The number of aldehydes is 1. The molecule has 0 bridgehead atoms. The third kappa shape index (κ3) is 3.07. The van der Waals surface area contributed by atoms with Crippen molar-refractivity contribution in [3.63, 3.8) is 0 Å². The zero-order valence-corrected chi connectivity index (χ0v) is 5.91. The first-order valence-corrected chi connectivity index (χ1v) is 2.93. The number of alkyl halides is 2. The van der Waals surface area contributed by atoms with Gasteiger partial charge in [-0.05, 0) is 5.53 Å². The number of nitrogens with zero attached hydrogens (tertiary/aromatic N) is 3. The topological polar surface area (TPSA) is 82.9 Å². The molecule has 7 heteroatoms. The Bertz CT molecular complexity index is 235. The Morgan fingerprint density at radius 3 is 2.67 bits per heavy atom. The van der Waals surface area contributed by atoms with Crippen LogP contribution in [0.3, 0.4) is 0 Å². The van der Waals surface area contributed by atoms with Crippen molar-refractivity contribution in [3.05, 3.63) is 10.4 Å². The summed E-state index contributed by atoms with van der Waals surface area (Å²) in [6.45, 7) is -0.511. The van der Waals surface area contributed by atoms with E-state index >= 15 is 0 Å². The molecule has 0 fully saturated rings. The molecule has 0 aliphatic carbocycles.